The highest BCUT2D eigenvalue weighted by Gasteiger charge is 2.34. The van der Waals surface area contributed by atoms with Crippen molar-refractivity contribution in [1.29, 1.82) is 0 Å². The summed E-state index contributed by atoms with van der Waals surface area (Å²) in [6, 6.07) is 10.0. The Morgan fingerprint density at radius 1 is 1.00 bits per heavy atom. The molecule has 0 saturated heterocycles. The first-order valence-corrected chi connectivity index (χ1v) is 8.38. The van der Waals surface area contributed by atoms with Crippen molar-refractivity contribution in [1.82, 2.24) is 0 Å². The van der Waals surface area contributed by atoms with Gasteiger partial charge in [-0.2, -0.15) is 0 Å². The van der Waals surface area contributed by atoms with Crippen LogP contribution in [0.2, 0.25) is 0 Å². The Labute approximate surface area is 134 Å². The van der Waals surface area contributed by atoms with E-state index in [-0.39, 0.29) is 5.60 Å². The number of halogens is 1. The quantitative estimate of drug-likeness (QED) is 0.439. The minimum atomic E-state index is -0.282. The average Bonchev–Trinajstić information content (AvgIpc) is 2.38. The monoisotopic (exact) mass is 312 g/mol. The summed E-state index contributed by atoms with van der Waals surface area (Å²) in [6.07, 6.45) is 1.95. The van der Waals surface area contributed by atoms with Gasteiger partial charge in [-0.25, -0.2) is 0 Å². The number of hydrogen-bond acceptors (Lipinski definition) is 2. The first-order valence-electron chi connectivity index (χ1n) is 7.85. The van der Waals surface area contributed by atoms with Crippen LogP contribution in [0.5, 0.6) is 5.75 Å². The van der Waals surface area contributed by atoms with Gasteiger partial charge in [0.05, 0.1) is 13.2 Å². The van der Waals surface area contributed by atoms with Gasteiger partial charge in [0.25, 0.3) is 0 Å². The van der Waals surface area contributed by atoms with E-state index < -0.39 is 0 Å². The summed E-state index contributed by atoms with van der Waals surface area (Å²) in [6.45, 7) is 10.1. The molecule has 0 bridgehead atoms. The lowest BCUT2D eigenvalue weighted by Gasteiger charge is -2.37. The van der Waals surface area contributed by atoms with Crippen LogP contribution in [0.4, 0.5) is 0 Å². The summed E-state index contributed by atoms with van der Waals surface area (Å²) in [5.74, 6) is 2.53. The van der Waals surface area contributed by atoms with Gasteiger partial charge in [0.2, 0.25) is 0 Å². The van der Waals surface area contributed by atoms with Crippen LogP contribution in [0, 0.1) is 11.8 Å². The molecule has 0 aliphatic rings. The molecule has 0 aromatic heterocycles. The van der Waals surface area contributed by atoms with E-state index in [1.807, 2.05) is 30.3 Å². The minimum Gasteiger partial charge on any atom is -0.485 e. The van der Waals surface area contributed by atoms with Gasteiger partial charge in [0, 0.05) is 5.88 Å². The molecule has 3 heteroatoms. The van der Waals surface area contributed by atoms with Gasteiger partial charge in [-0.05, 0) is 36.8 Å². The number of para-hydroxylation sites is 1. The fraction of sp³-hybridized carbons (Fsp3) is 0.667. The Morgan fingerprint density at radius 3 is 2.05 bits per heavy atom. The summed E-state index contributed by atoms with van der Waals surface area (Å²) in [5, 5.41) is 0. The van der Waals surface area contributed by atoms with Gasteiger partial charge in [-0.15, -0.1) is 11.6 Å². The number of alkyl halides is 1. The molecular weight excluding hydrogens is 284 g/mol. The molecule has 0 aliphatic carbocycles. The van der Waals surface area contributed by atoms with Crippen LogP contribution in [0.25, 0.3) is 0 Å². The normalized spacial score (nSPS) is 12.1. The predicted molar refractivity (Wildman–Crippen MR) is 90.3 cm³/mol. The van der Waals surface area contributed by atoms with E-state index in [0.29, 0.717) is 30.9 Å². The molecule has 1 aromatic carbocycles. The second kappa shape index (κ2) is 9.32. The molecule has 0 heterocycles. The van der Waals surface area contributed by atoms with E-state index in [0.717, 1.165) is 18.6 Å². The number of ether oxygens (including phenoxy) is 2. The molecule has 0 fully saturated rings. The second-order valence-corrected chi connectivity index (χ2v) is 6.91. The average molecular weight is 313 g/mol. The van der Waals surface area contributed by atoms with E-state index in [1.54, 1.807) is 0 Å². The van der Waals surface area contributed by atoms with Crippen LogP contribution in [0.15, 0.2) is 30.3 Å². The van der Waals surface area contributed by atoms with Crippen molar-refractivity contribution in [3.63, 3.8) is 0 Å². The van der Waals surface area contributed by atoms with Crippen molar-refractivity contribution >= 4 is 11.6 Å². The summed E-state index contributed by atoms with van der Waals surface area (Å²) in [4.78, 5) is 0. The Kier molecular flexibility index (Phi) is 8.13. The van der Waals surface area contributed by atoms with Crippen LogP contribution >= 0.6 is 11.6 Å². The van der Waals surface area contributed by atoms with Gasteiger partial charge in [-0.3, -0.25) is 0 Å². The molecule has 1 aromatic rings. The highest BCUT2D eigenvalue weighted by molar-refractivity contribution is 6.17. The summed E-state index contributed by atoms with van der Waals surface area (Å²) >= 11 is 5.74. The first kappa shape index (κ1) is 18.3. The van der Waals surface area contributed by atoms with Crippen molar-refractivity contribution in [2.75, 3.05) is 19.1 Å². The Morgan fingerprint density at radius 2 is 1.57 bits per heavy atom. The van der Waals surface area contributed by atoms with E-state index in [9.17, 15) is 0 Å². The molecule has 21 heavy (non-hydrogen) atoms. The second-order valence-electron chi connectivity index (χ2n) is 6.54. The lowest BCUT2D eigenvalue weighted by atomic mass is 9.85. The molecule has 0 N–H and O–H groups in total. The molecule has 0 unspecified atom stereocenters. The third-order valence-corrected chi connectivity index (χ3v) is 3.38. The molecule has 2 nitrogen and oxygen atoms in total. The van der Waals surface area contributed by atoms with Crippen molar-refractivity contribution < 1.29 is 9.47 Å². The highest BCUT2D eigenvalue weighted by Crippen LogP contribution is 2.31. The minimum absolute atomic E-state index is 0.282. The third kappa shape index (κ3) is 7.19. The zero-order valence-electron chi connectivity index (χ0n) is 13.8. The van der Waals surface area contributed by atoms with Crippen molar-refractivity contribution in [2.24, 2.45) is 11.8 Å². The van der Waals surface area contributed by atoms with E-state index >= 15 is 0 Å². The molecular formula is C18H29ClO2. The molecule has 0 amide bonds. The van der Waals surface area contributed by atoms with Gasteiger partial charge in [-0.1, -0.05) is 45.9 Å². The Hall–Kier alpha value is -0.730. The maximum absolute atomic E-state index is 6.40. The lowest BCUT2D eigenvalue weighted by Crippen LogP contribution is -2.44. The zero-order chi connectivity index (χ0) is 15.7. The Balaban J connectivity index is 2.90. The van der Waals surface area contributed by atoms with Crippen molar-refractivity contribution in [2.45, 2.75) is 46.1 Å². The molecule has 0 atom stereocenters. The van der Waals surface area contributed by atoms with Gasteiger partial charge < -0.3 is 9.47 Å². The predicted octanol–water partition coefficient (Wildman–Crippen LogP) is 5.15. The van der Waals surface area contributed by atoms with Gasteiger partial charge >= 0.3 is 0 Å². The van der Waals surface area contributed by atoms with E-state index in [2.05, 4.69) is 27.7 Å². The number of benzene rings is 1. The van der Waals surface area contributed by atoms with Crippen molar-refractivity contribution in [3.8, 4) is 5.75 Å². The third-order valence-electron chi connectivity index (χ3n) is 3.22. The van der Waals surface area contributed by atoms with E-state index in [4.69, 9.17) is 21.1 Å². The van der Waals surface area contributed by atoms with Crippen LogP contribution in [-0.2, 0) is 4.74 Å². The van der Waals surface area contributed by atoms with Crippen LogP contribution in [0.3, 0.4) is 0 Å². The Bertz CT molecular complexity index is 366. The lowest BCUT2D eigenvalue weighted by molar-refractivity contribution is -0.0489. The molecule has 0 radical (unpaired) electrons. The topological polar surface area (TPSA) is 18.5 Å². The molecule has 1 rings (SSSR count). The summed E-state index contributed by atoms with van der Waals surface area (Å²) < 4.78 is 12.2. The highest BCUT2D eigenvalue weighted by atomic mass is 35.5. The number of rotatable bonds is 10. The van der Waals surface area contributed by atoms with Gasteiger partial charge in [0.1, 0.15) is 11.4 Å². The standard InChI is InChI=1S/C18H29ClO2/c1-15(2)12-18(13-16(3)4,14-20-11-10-19)21-17-8-6-5-7-9-17/h5-9,15-16H,10-14H2,1-4H3. The molecule has 0 spiro atoms. The smallest absolute Gasteiger partial charge is 0.133 e. The van der Waals surface area contributed by atoms with Crippen molar-refractivity contribution in [3.05, 3.63) is 30.3 Å². The molecule has 0 saturated carbocycles. The fourth-order valence-electron chi connectivity index (χ4n) is 2.85. The molecule has 0 aliphatic heterocycles. The van der Waals surface area contributed by atoms with Crippen LogP contribution < -0.4 is 4.74 Å². The van der Waals surface area contributed by atoms with Gasteiger partial charge in [0.15, 0.2) is 0 Å². The largest absolute Gasteiger partial charge is 0.485 e. The summed E-state index contributed by atoms with van der Waals surface area (Å²) in [5.41, 5.74) is -0.282. The zero-order valence-corrected chi connectivity index (χ0v) is 14.5. The van der Waals surface area contributed by atoms with Crippen LogP contribution in [0.1, 0.15) is 40.5 Å². The van der Waals surface area contributed by atoms with Crippen LogP contribution in [-0.4, -0.2) is 24.7 Å². The molecule has 120 valence electrons. The van der Waals surface area contributed by atoms with E-state index in [1.165, 1.54) is 0 Å². The number of hydrogen-bond donors (Lipinski definition) is 0. The maximum atomic E-state index is 6.40. The first-order chi connectivity index (χ1) is 9.97. The maximum Gasteiger partial charge on any atom is 0.133 e. The SMILES string of the molecule is CC(C)CC(COCCCl)(CC(C)C)Oc1ccccc1. The fourth-order valence-corrected chi connectivity index (χ4v) is 2.96. The summed E-state index contributed by atoms with van der Waals surface area (Å²) in [7, 11) is 0.